The topological polar surface area (TPSA) is 90.1 Å². The highest BCUT2D eigenvalue weighted by Gasteiger charge is 2.66. The van der Waals surface area contributed by atoms with Crippen LogP contribution in [0, 0.1) is 5.41 Å². The van der Waals surface area contributed by atoms with Crippen LogP contribution in [0.3, 0.4) is 0 Å². The SMILES string of the molecule is C=CC(C)(C)[C@@]12C[C@H]3C(=O)N/C(=C\c4cnc[nH]4)C(=O)N3[C@@H]1Nc1ccccc12. The minimum absolute atomic E-state index is 0.164. The molecule has 2 fully saturated rings. The molecule has 1 aromatic carbocycles. The van der Waals surface area contributed by atoms with Crippen molar-refractivity contribution in [2.75, 3.05) is 5.32 Å². The molecule has 3 aliphatic heterocycles. The van der Waals surface area contributed by atoms with E-state index in [1.54, 1.807) is 17.2 Å². The Bertz CT molecular complexity index is 1050. The number of amides is 2. The number of aromatic amines is 1. The molecule has 0 aliphatic carbocycles. The average Bonchev–Trinajstić information content (AvgIpc) is 3.40. The van der Waals surface area contributed by atoms with E-state index in [-0.39, 0.29) is 29.1 Å². The third-order valence-electron chi connectivity index (χ3n) is 6.80. The van der Waals surface area contributed by atoms with Gasteiger partial charge in [0, 0.05) is 11.1 Å². The van der Waals surface area contributed by atoms with Gasteiger partial charge in [-0.3, -0.25) is 9.59 Å². The molecule has 2 aromatic rings. The highest BCUT2D eigenvalue weighted by molar-refractivity contribution is 6.08. The number of imidazole rings is 1. The number of H-pyrrole nitrogens is 1. The lowest BCUT2D eigenvalue weighted by Crippen LogP contribution is -2.59. The van der Waals surface area contributed by atoms with E-state index in [1.165, 1.54) is 6.33 Å². The number of anilines is 1. The van der Waals surface area contributed by atoms with Gasteiger partial charge in [-0.25, -0.2) is 4.98 Å². The summed E-state index contributed by atoms with van der Waals surface area (Å²) in [7, 11) is 0. The van der Waals surface area contributed by atoms with Gasteiger partial charge >= 0.3 is 0 Å². The first-order valence-electron chi connectivity index (χ1n) is 9.72. The fourth-order valence-electron chi connectivity index (χ4n) is 5.16. The lowest BCUT2D eigenvalue weighted by Gasteiger charge is -2.43. The van der Waals surface area contributed by atoms with Crippen LogP contribution in [0.1, 0.15) is 31.5 Å². The van der Waals surface area contributed by atoms with E-state index in [2.05, 4.69) is 47.1 Å². The molecule has 7 nitrogen and oxygen atoms in total. The zero-order chi connectivity index (χ0) is 20.4. The van der Waals surface area contributed by atoms with Gasteiger partial charge in [0.15, 0.2) is 0 Å². The highest BCUT2D eigenvalue weighted by Crippen LogP contribution is 2.60. The molecule has 2 saturated heterocycles. The minimum Gasteiger partial charge on any atom is -0.364 e. The van der Waals surface area contributed by atoms with E-state index in [9.17, 15) is 9.59 Å². The van der Waals surface area contributed by atoms with Gasteiger partial charge in [0.25, 0.3) is 5.91 Å². The molecule has 4 heterocycles. The summed E-state index contributed by atoms with van der Waals surface area (Å²) in [6, 6.07) is 7.57. The van der Waals surface area contributed by atoms with Crippen LogP contribution < -0.4 is 10.6 Å². The largest absolute Gasteiger partial charge is 0.364 e. The third kappa shape index (κ3) is 2.21. The van der Waals surface area contributed by atoms with Gasteiger partial charge in [-0.15, -0.1) is 6.58 Å². The zero-order valence-corrected chi connectivity index (χ0v) is 16.4. The van der Waals surface area contributed by atoms with E-state index in [4.69, 9.17) is 0 Å². The van der Waals surface area contributed by atoms with Gasteiger partial charge in [0.1, 0.15) is 17.9 Å². The number of hydrogen-bond acceptors (Lipinski definition) is 4. The molecule has 7 heteroatoms. The maximum absolute atomic E-state index is 13.5. The Labute approximate surface area is 168 Å². The molecule has 148 valence electrons. The van der Waals surface area contributed by atoms with E-state index >= 15 is 0 Å². The van der Waals surface area contributed by atoms with Gasteiger partial charge < -0.3 is 20.5 Å². The maximum atomic E-state index is 13.5. The quantitative estimate of drug-likeness (QED) is 0.555. The van der Waals surface area contributed by atoms with Crippen LogP contribution in [-0.4, -0.2) is 38.9 Å². The normalized spacial score (nSPS) is 29.2. The van der Waals surface area contributed by atoms with Crippen molar-refractivity contribution in [1.29, 1.82) is 0 Å². The lowest BCUT2D eigenvalue weighted by atomic mass is 9.60. The molecule has 2 amide bonds. The lowest BCUT2D eigenvalue weighted by molar-refractivity contribution is -0.141. The number of benzene rings is 1. The fraction of sp³-hybridized carbons (Fsp3) is 0.318. The van der Waals surface area contributed by atoms with Crippen molar-refractivity contribution in [2.45, 2.75) is 37.9 Å². The summed E-state index contributed by atoms with van der Waals surface area (Å²) >= 11 is 0. The maximum Gasteiger partial charge on any atom is 0.272 e. The number of nitrogens with one attached hydrogen (secondary N) is 3. The Morgan fingerprint density at radius 3 is 2.83 bits per heavy atom. The average molecular weight is 389 g/mol. The van der Waals surface area contributed by atoms with E-state index < -0.39 is 11.5 Å². The van der Waals surface area contributed by atoms with Gasteiger partial charge in [-0.2, -0.15) is 0 Å². The Balaban J connectivity index is 1.65. The third-order valence-corrected chi connectivity index (χ3v) is 6.80. The monoisotopic (exact) mass is 389 g/mol. The van der Waals surface area contributed by atoms with Gasteiger partial charge in [-0.1, -0.05) is 38.1 Å². The number of para-hydroxylation sites is 1. The fourth-order valence-corrected chi connectivity index (χ4v) is 5.16. The summed E-state index contributed by atoms with van der Waals surface area (Å²) in [5.74, 6) is -0.362. The molecule has 0 saturated carbocycles. The highest BCUT2D eigenvalue weighted by atomic mass is 16.2. The second-order valence-electron chi connectivity index (χ2n) is 8.48. The van der Waals surface area contributed by atoms with Crippen LogP contribution in [0.4, 0.5) is 5.69 Å². The number of hydrogen-bond donors (Lipinski definition) is 3. The molecule has 3 aliphatic rings. The summed E-state index contributed by atoms with van der Waals surface area (Å²) in [4.78, 5) is 35.1. The van der Waals surface area contributed by atoms with Crippen LogP contribution in [0.5, 0.6) is 0 Å². The predicted molar refractivity (Wildman–Crippen MR) is 109 cm³/mol. The Kier molecular flexibility index (Phi) is 3.56. The summed E-state index contributed by atoms with van der Waals surface area (Å²) < 4.78 is 0. The van der Waals surface area contributed by atoms with E-state index in [1.807, 2.05) is 24.3 Å². The van der Waals surface area contributed by atoms with Crippen LogP contribution in [0.25, 0.3) is 6.08 Å². The number of piperazine rings is 1. The number of aromatic nitrogens is 2. The number of fused-ring (bicyclic) bond motifs is 5. The van der Waals surface area contributed by atoms with Crippen molar-refractivity contribution >= 4 is 23.6 Å². The first kappa shape index (κ1) is 17.7. The smallest absolute Gasteiger partial charge is 0.272 e. The van der Waals surface area contributed by atoms with Crippen LogP contribution in [-0.2, 0) is 15.0 Å². The predicted octanol–water partition coefficient (Wildman–Crippen LogP) is 2.38. The molecule has 0 radical (unpaired) electrons. The Morgan fingerprint density at radius 2 is 2.10 bits per heavy atom. The van der Waals surface area contributed by atoms with Crippen molar-refractivity contribution in [3.05, 3.63) is 66.4 Å². The van der Waals surface area contributed by atoms with Crippen molar-refractivity contribution in [1.82, 2.24) is 20.2 Å². The summed E-state index contributed by atoms with van der Waals surface area (Å²) in [6.45, 7) is 8.32. The van der Waals surface area contributed by atoms with Crippen LogP contribution in [0.2, 0.25) is 0 Å². The van der Waals surface area contributed by atoms with Crippen molar-refractivity contribution in [3.63, 3.8) is 0 Å². The van der Waals surface area contributed by atoms with Crippen LogP contribution >= 0.6 is 0 Å². The molecule has 0 unspecified atom stereocenters. The van der Waals surface area contributed by atoms with Gasteiger partial charge in [0.2, 0.25) is 5.91 Å². The molecule has 3 atom stereocenters. The standard InChI is InChI=1S/C22H23N5O2/c1-4-21(2,3)22-10-17-18(28)25-16(9-13-11-23-12-24-13)19(29)27(17)20(22)26-15-8-6-5-7-14(15)22/h4-9,11-12,17,20,26H,1,10H2,2-3H3,(H,23,24)(H,25,28)/b16-9-/t17-,20-,22+/m0/s1. The molecular weight excluding hydrogens is 366 g/mol. The van der Waals surface area contributed by atoms with Crippen LogP contribution in [0.15, 0.2) is 55.1 Å². The molecule has 0 spiro atoms. The van der Waals surface area contributed by atoms with Crippen molar-refractivity contribution in [2.24, 2.45) is 5.41 Å². The summed E-state index contributed by atoms with van der Waals surface area (Å²) in [5.41, 5.74) is 2.24. The molecule has 3 N–H and O–H groups in total. The number of nitrogens with zero attached hydrogens (tertiary/aromatic N) is 2. The van der Waals surface area contributed by atoms with E-state index in [0.29, 0.717) is 12.1 Å². The molecule has 29 heavy (non-hydrogen) atoms. The van der Waals surface area contributed by atoms with Gasteiger partial charge in [-0.05, 0) is 29.5 Å². The second kappa shape index (κ2) is 5.83. The van der Waals surface area contributed by atoms with Gasteiger partial charge in [0.05, 0.1) is 18.2 Å². The summed E-state index contributed by atoms with van der Waals surface area (Å²) in [5, 5.41) is 6.34. The summed E-state index contributed by atoms with van der Waals surface area (Å²) in [6.07, 6.45) is 6.91. The number of carbonyl (C=O) groups is 2. The first-order valence-corrected chi connectivity index (χ1v) is 9.72. The molecule has 1 aromatic heterocycles. The van der Waals surface area contributed by atoms with Crippen molar-refractivity contribution in [3.8, 4) is 0 Å². The molecule has 0 bridgehead atoms. The molecular formula is C22H23N5O2. The number of allylic oxidation sites excluding steroid dienone is 1. The molecule has 5 rings (SSSR count). The zero-order valence-electron chi connectivity index (χ0n) is 16.4. The number of carbonyl (C=O) groups excluding carboxylic acids is 2. The Hall–Kier alpha value is -3.35. The first-order chi connectivity index (χ1) is 13.9. The van der Waals surface area contributed by atoms with E-state index in [0.717, 1.165) is 11.3 Å². The minimum atomic E-state index is -0.536. The second-order valence-corrected chi connectivity index (χ2v) is 8.48. The Morgan fingerprint density at radius 1 is 1.31 bits per heavy atom. The van der Waals surface area contributed by atoms with Crippen molar-refractivity contribution < 1.29 is 9.59 Å². The number of rotatable bonds is 3.